The Morgan fingerprint density at radius 2 is 1.96 bits per heavy atom. The van der Waals surface area contributed by atoms with Gasteiger partial charge in [0, 0.05) is 32.6 Å². The average Bonchev–Trinajstić information content (AvgIpc) is 3.08. The summed E-state index contributed by atoms with van der Waals surface area (Å²) in [5.41, 5.74) is 0.921. The summed E-state index contributed by atoms with van der Waals surface area (Å²) < 4.78 is 25.8. The van der Waals surface area contributed by atoms with Crippen molar-refractivity contribution in [1.29, 1.82) is 0 Å². The molecule has 1 aliphatic rings. The number of hydrogen-bond acceptors (Lipinski definition) is 4. The highest BCUT2D eigenvalue weighted by molar-refractivity contribution is 7.89. The van der Waals surface area contributed by atoms with Crippen LogP contribution in [0.4, 0.5) is 0 Å². The molecule has 0 radical (unpaired) electrons. The van der Waals surface area contributed by atoms with Crippen molar-refractivity contribution < 1.29 is 13.2 Å². The maximum Gasteiger partial charge on any atom is 0.240 e. The molecule has 0 spiro atoms. The summed E-state index contributed by atoms with van der Waals surface area (Å²) in [6, 6.07) is 6.67. The fraction of sp³-hybridized carbons (Fsp3) is 0.556. The first-order chi connectivity index (χ1) is 13.0. The Kier molecular flexibility index (Phi) is 8.05. The predicted molar refractivity (Wildman–Crippen MR) is 106 cm³/mol. The van der Waals surface area contributed by atoms with Crippen LogP contribution >= 0.6 is 0 Å². The molecule has 1 aromatic rings. The lowest BCUT2D eigenvalue weighted by Crippen LogP contribution is -2.39. The van der Waals surface area contributed by atoms with Crippen molar-refractivity contribution in [3.05, 3.63) is 29.8 Å². The van der Waals surface area contributed by atoms with Crippen molar-refractivity contribution in [2.75, 3.05) is 33.2 Å². The summed E-state index contributed by atoms with van der Waals surface area (Å²) in [4.78, 5) is 18.3. The number of carbonyl (C=O) groups excluding carboxylic acids is 1. The molecule has 0 saturated carbocycles. The first-order valence-electron chi connectivity index (χ1n) is 9.28. The zero-order chi connectivity index (χ0) is 19.7. The van der Waals surface area contributed by atoms with E-state index < -0.39 is 10.0 Å². The van der Waals surface area contributed by atoms with E-state index in [0.717, 1.165) is 44.6 Å². The maximum atomic E-state index is 11.7. The van der Waals surface area contributed by atoms with E-state index in [-0.39, 0.29) is 10.8 Å². The molecule has 1 heterocycles. The molecule has 0 bridgehead atoms. The Balaban J connectivity index is 1.84. The standard InChI is InChI=1S/C18H29N5O3S/c1-3-20-18(21-11-5-13-23-12-4-6-17(23)24)22-14-15-7-9-16(10-8-15)27(25,26)19-2/h7-10,19H,3-6,11-14H2,1-2H3,(H2,20,21,22). The summed E-state index contributed by atoms with van der Waals surface area (Å²) in [6.45, 7) is 5.56. The van der Waals surface area contributed by atoms with Gasteiger partial charge in [0.15, 0.2) is 5.96 Å². The van der Waals surface area contributed by atoms with Crippen molar-refractivity contribution >= 4 is 21.9 Å². The van der Waals surface area contributed by atoms with Gasteiger partial charge in [-0.1, -0.05) is 12.1 Å². The molecule has 2 rings (SSSR count). The molecule has 3 N–H and O–H groups in total. The SMILES string of the molecule is CCNC(=NCc1ccc(S(=O)(=O)NC)cc1)NCCCN1CCCC1=O. The van der Waals surface area contributed by atoms with Crippen molar-refractivity contribution in [3.63, 3.8) is 0 Å². The number of carbonyl (C=O) groups is 1. The van der Waals surface area contributed by atoms with Crippen LogP contribution in [0, 0.1) is 0 Å². The van der Waals surface area contributed by atoms with E-state index >= 15 is 0 Å². The number of nitrogens with one attached hydrogen (secondary N) is 3. The summed E-state index contributed by atoms with van der Waals surface area (Å²) in [5, 5.41) is 6.46. The molecule has 1 fully saturated rings. The molecule has 0 atom stereocenters. The van der Waals surface area contributed by atoms with Crippen molar-refractivity contribution in [1.82, 2.24) is 20.3 Å². The summed E-state index contributed by atoms with van der Waals surface area (Å²) in [6.07, 6.45) is 2.50. The third-order valence-corrected chi connectivity index (χ3v) is 5.77. The molecular weight excluding hydrogens is 366 g/mol. The van der Waals surface area contributed by atoms with Crippen LogP contribution in [0.2, 0.25) is 0 Å². The molecule has 0 aliphatic carbocycles. The number of rotatable bonds is 9. The molecule has 150 valence electrons. The first-order valence-corrected chi connectivity index (χ1v) is 10.8. The number of nitrogens with zero attached hydrogens (tertiary/aromatic N) is 2. The molecule has 1 aromatic carbocycles. The van der Waals surface area contributed by atoms with Gasteiger partial charge >= 0.3 is 0 Å². The Labute approximate surface area is 161 Å². The third-order valence-electron chi connectivity index (χ3n) is 4.33. The van der Waals surface area contributed by atoms with E-state index in [9.17, 15) is 13.2 Å². The molecule has 1 aliphatic heterocycles. The number of benzene rings is 1. The van der Waals surface area contributed by atoms with Crippen molar-refractivity contribution in [2.24, 2.45) is 4.99 Å². The average molecular weight is 396 g/mol. The van der Waals surface area contributed by atoms with Crippen LogP contribution in [0.1, 0.15) is 31.7 Å². The summed E-state index contributed by atoms with van der Waals surface area (Å²) in [5.74, 6) is 0.955. The van der Waals surface area contributed by atoms with Gasteiger partial charge in [-0.05, 0) is 44.5 Å². The van der Waals surface area contributed by atoms with Crippen molar-refractivity contribution in [2.45, 2.75) is 37.6 Å². The van der Waals surface area contributed by atoms with Gasteiger partial charge in [0.2, 0.25) is 15.9 Å². The fourth-order valence-electron chi connectivity index (χ4n) is 2.82. The maximum absolute atomic E-state index is 11.7. The number of amides is 1. The van der Waals surface area contributed by atoms with Gasteiger partial charge in [-0.25, -0.2) is 18.1 Å². The van der Waals surface area contributed by atoms with Crippen molar-refractivity contribution in [3.8, 4) is 0 Å². The number of guanidine groups is 1. The minimum Gasteiger partial charge on any atom is -0.357 e. The number of likely N-dealkylation sites (tertiary alicyclic amines) is 1. The molecule has 0 unspecified atom stereocenters. The fourth-order valence-corrected chi connectivity index (χ4v) is 3.55. The summed E-state index contributed by atoms with van der Waals surface area (Å²) >= 11 is 0. The van der Waals surface area contributed by atoms with Crippen LogP contribution in [0.15, 0.2) is 34.2 Å². The molecule has 27 heavy (non-hydrogen) atoms. The van der Waals surface area contributed by atoms with Gasteiger partial charge < -0.3 is 15.5 Å². The van der Waals surface area contributed by atoms with E-state index in [2.05, 4.69) is 20.3 Å². The van der Waals surface area contributed by atoms with Crippen LogP contribution in [0.3, 0.4) is 0 Å². The molecule has 8 nitrogen and oxygen atoms in total. The van der Waals surface area contributed by atoms with E-state index in [1.54, 1.807) is 24.3 Å². The largest absolute Gasteiger partial charge is 0.357 e. The lowest BCUT2D eigenvalue weighted by atomic mass is 10.2. The zero-order valence-corrected chi connectivity index (χ0v) is 16.8. The smallest absolute Gasteiger partial charge is 0.240 e. The second kappa shape index (κ2) is 10.3. The van der Waals surface area contributed by atoms with E-state index in [1.807, 2.05) is 11.8 Å². The monoisotopic (exact) mass is 395 g/mol. The highest BCUT2D eigenvalue weighted by Crippen LogP contribution is 2.11. The van der Waals surface area contributed by atoms with Gasteiger partial charge in [0.05, 0.1) is 11.4 Å². The first kappa shape index (κ1) is 21.2. The minimum atomic E-state index is -3.42. The molecule has 1 amide bonds. The van der Waals surface area contributed by atoms with Crippen LogP contribution in [0.5, 0.6) is 0 Å². The van der Waals surface area contributed by atoms with Gasteiger partial charge in [0.1, 0.15) is 0 Å². The second-order valence-corrected chi connectivity index (χ2v) is 8.20. The normalized spacial score (nSPS) is 15.3. The second-order valence-electron chi connectivity index (χ2n) is 6.31. The van der Waals surface area contributed by atoms with E-state index in [1.165, 1.54) is 7.05 Å². The van der Waals surface area contributed by atoms with Crippen LogP contribution in [-0.2, 0) is 21.4 Å². The lowest BCUT2D eigenvalue weighted by molar-refractivity contribution is -0.127. The zero-order valence-electron chi connectivity index (χ0n) is 16.0. The topological polar surface area (TPSA) is 103 Å². The van der Waals surface area contributed by atoms with Gasteiger partial charge in [0.25, 0.3) is 0 Å². The lowest BCUT2D eigenvalue weighted by Gasteiger charge is -2.16. The van der Waals surface area contributed by atoms with Crippen LogP contribution < -0.4 is 15.4 Å². The van der Waals surface area contributed by atoms with Gasteiger partial charge in [-0.2, -0.15) is 0 Å². The number of aliphatic imine (C=N–C) groups is 1. The van der Waals surface area contributed by atoms with E-state index in [0.29, 0.717) is 18.9 Å². The molecule has 1 saturated heterocycles. The Hall–Kier alpha value is -2.13. The van der Waals surface area contributed by atoms with Crippen LogP contribution in [0.25, 0.3) is 0 Å². The minimum absolute atomic E-state index is 0.235. The van der Waals surface area contributed by atoms with Gasteiger partial charge in [-0.3, -0.25) is 4.79 Å². The van der Waals surface area contributed by atoms with E-state index in [4.69, 9.17) is 0 Å². The Morgan fingerprint density at radius 3 is 2.56 bits per heavy atom. The molecule has 0 aromatic heterocycles. The third kappa shape index (κ3) is 6.51. The highest BCUT2D eigenvalue weighted by atomic mass is 32.2. The highest BCUT2D eigenvalue weighted by Gasteiger charge is 2.18. The Bertz CT molecular complexity index is 747. The van der Waals surface area contributed by atoms with Crippen LogP contribution in [-0.4, -0.2) is 58.4 Å². The number of sulfonamides is 1. The predicted octanol–water partition coefficient (Wildman–Crippen LogP) is 0.662. The molecule has 9 heteroatoms. The molecular formula is C18H29N5O3S. The Morgan fingerprint density at radius 1 is 1.22 bits per heavy atom. The number of hydrogen-bond donors (Lipinski definition) is 3. The van der Waals surface area contributed by atoms with Gasteiger partial charge in [-0.15, -0.1) is 0 Å². The summed E-state index contributed by atoms with van der Waals surface area (Å²) in [7, 11) is -2.03. The quantitative estimate of drug-likeness (QED) is 0.324.